The molecule has 1 fully saturated rings. The predicted molar refractivity (Wildman–Crippen MR) is 276 cm³/mol. The maximum Gasteiger partial charge on any atom is 0.243 e. The first-order valence-electron chi connectivity index (χ1n) is 24.7. The summed E-state index contributed by atoms with van der Waals surface area (Å²) in [6.45, 7) is 2.83. The van der Waals surface area contributed by atoms with Crippen molar-refractivity contribution in [3.63, 3.8) is 0 Å². The number of carbonyl (C=O) groups excluding carboxylic acids is 9. The van der Waals surface area contributed by atoms with Crippen molar-refractivity contribution in [1.82, 2.24) is 31.6 Å². The average Bonchev–Trinajstić information content (AvgIpc) is 3.76. The Bertz CT molecular complexity index is 2580. The molecule has 2 heterocycles. The minimum atomic E-state index is -1.40. The average molecular weight is 1020 g/mol. The van der Waals surface area contributed by atoms with E-state index in [1.165, 1.54) is 13.8 Å². The van der Waals surface area contributed by atoms with Crippen LogP contribution in [-0.4, -0.2) is 113 Å². The monoisotopic (exact) mass is 1020 g/mol. The Morgan fingerprint density at radius 3 is 2.11 bits per heavy atom. The molecule has 6 amide bonds. The molecule has 1 aliphatic heterocycles. The van der Waals surface area contributed by atoms with Crippen LogP contribution < -0.4 is 55.3 Å². The van der Waals surface area contributed by atoms with Crippen molar-refractivity contribution in [2.75, 3.05) is 13.1 Å². The maximum atomic E-state index is 14.7. The third kappa shape index (κ3) is 19.5. The molecule has 4 rings (SSSR count). The summed E-state index contributed by atoms with van der Waals surface area (Å²) < 4.78 is 0. The summed E-state index contributed by atoms with van der Waals surface area (Å²) in [4.78, 5) is 135. The number of ketones is 3. The van der Waals surface area contributed by atoms with Crippen molar-refractivity contribution in [2.45, 2.75) is 134 Å². The Kier molecular flexibility index (Phi) is 23.2. The number of hydrogen-bond acceptors (Lipinski definition) is 12. The number of nitriles is 1. The number of aromatic nitrogens is 1. The lowest BCUT2D eigenvalue weighted by atomic mass is 9.83. The molecule has 2 aromatic carbocycles. The zero-order valence-corrected chi connectivity index (χ0v) is 42.0. The van der Waals surface area contributed by atoms with Crippen molar-refractivity contribution in [3.8, 4) is 6.07 Å². The number of nitrogens with zero attached hydrogens (tertiary/aromatic N) is 3. The van der Waals surface area contributed by atoms with Gasteiger partial charge in [0.15, 0.2) is 17.7 Å². The van der Waals surface area contributed by atoms with E-state index in [2.05, 4.69) is 41.6 Å². The number of aliphatic imine (C=N–C) groups is 2. The molecular weight excluding hydrogens is 953 g/mol. The highest BCUT2D eigenvalue weighted by molar-refractivity contribution is 5.98. The topological polar surface area (TPSA) is 408 Å². The Labute approximate surface area is 429 Å². The van der Waals surface area contributed by atoms with Crippen molar-refractivity contribution >= 4 is 75.6 Å². The van der Waals surface area contributed by atoms with E-state index < -0.39 is 95.5 Å². The van der Waals surface area contributed by atoms with E-state index in [1.807, 2.05) is 30.3 Å². The smallest absolute Gasteiger partial charge is 0.243 e. The van der Waals surface area contributed by atoms with Crippen LogP contribution in [0, 0.1) is 23.2 Å². The van der Waals surface area contributed by atoms with Gasteiger partial charge in [-0.1, -0.05) is 36.8 Å². The molecule has 1 saturated heterocycles. The molecule has 0 saturated carbocycles. The van der Waals surface area contributed by atoms with Crippen molar-refractivity contribution in [3.05, 3.63) is 71.4 Å². The summed E-state index contributed by atoms with van der Waals surface area (Å²) in [7, 11) is 0. The summed E-state index contributed by atoms with van der Waals surface area (Å²) in [5, 5.41) is 23.5. The Morgan fingerprint density at radius 2 is 1.45 bits per heavy atom. The van der Waals surface area contributed by atoms with Crippen LogP contribution in [0.4, 0.5) is 0 Å². The lowest BCUT2D eigenvalue weighted by molar-refractivity contribution is -0.135. The van der Waals surface area contributed by atoms with Gasteiger partial charge >= 0.3 is 0 Å². The van der Waals surface area contributed by atoms with Crippen LogP contribution in [-0.2, 0) is 56.0 Å². The van der Waals surface area contributed by atoms with Crippen LogP contribution in [0.5, 0.6) is 0 Å². The number of H-pyrrole nitrogens is 1. The third-order valence-corrected chi connectivity index (χ3v) is 12.7. The Balaban J connectivity index is 1.74. The van der Waals surface area contributed by atoms with Crippen LogP contribution >= 0.6 is 0 Å². The van der Waals surface area contributed by atoms with Crippen LogP contribution in [0.25, 0.3) is 10.9 Å². The second kappa shape index (κ2) is 29.4. The van der Waals surface area contributed by atoms with Gasteiger partial charge < -0.3 is 60.2 Å². The van der Waals surface area contributed by atoms with Crippen molar-refractivity contribution < 1.29 is 43.2 Å². The fraction of sp³-hybridized carbons (Fsp3) is 0.490. The molecule has 74 heavy (non-hydrogen) atoms. The predicted octanol–water partition coefficient (Wildman–Crippen LogP) is -0.0448. The number of benzene rings is 2. The largest absolute Gasteiger partial charge is 0.370 e. The number of primary amides is 1. The fourth-order valence-corrected chi connectivity index (χ4v) is 8.65. The first-order chi connectivity index (χ1) is 35.2. The van der Waals surface area contributed by atoms with Crippen molar-refractivity contribution in [2.24, 2.45) is 50.5 Å². The lowest BCUT2D eigenvalue weighted by Gasteiger charge is -2.26. The van der Waals surface area contributed by atoms with Gasteiger partial charge in [0, 0.05) is 74.6 Å². The molecule has 1 aliphatic rings. The zero-order chi connectivity index (χ0) is 54.3. The van der Waals surface area contributed by atoms with Crippen LogP contribution in [0.3, 0.4) is 0 Å². The molecule has 0 aliphatic carbocycles. The van der Waals surface area contributed by atoms with E-state index >= 15 is 0 Å². The van der Waals surface area contributed by atoms with Gasteiger partial charge in [-0.3, -0.25) is 53.1 Å². The van der Waals surface area contributed by atoms with Gasteiger partial charge in [-0.05, 0) is 94.0 Å². The number of Topliss-reactive ketones (excluding diaryl/α,β-unsaturated/α-hetero) is 3. The van der Waals surface area contributed by atoms with Gasteiger partial charge in [-0.15, -0.1) is 0 Å². The van der Waals surface area contributed by atoms with Gasteiger partial charge in [-0.2, -0.15) is 5.26 Å². The summed E-state index contributed by atoms with van der Waals surface area (Å²) in [5.74, 6) is -8.16. The van der Waals surface area contributed by atoms with Crippen LogP contribution in [0.15, 0.2) is 64.7 Å². The number of aromatic amines is 1. The number of para-hydroxylation sites is 1. The molecule has 398 valence electrons. The summed E-state index contributed by atoms with van der Waals surface area (Å²) in [6.07, 6.45) is 1.78. The minimum absolute atomic E-state index is 0.00322. The lowest BCUT2D eigenvalue weighted by Crippen LogP contribution is -2.57. The van der Waals surface area contributed by atoms with E-state index in [0.717, 1.165) is 16.5 Å². The molecule has 23 heteroatoms. The van der Waals surface area contributed by atoms with E-state index in [1.54, 1.807) is 30.5 Å². The van der Waals surface area contributed by atoms with Gasteiger partial charge in [0.1, 0.15) is 35.7 Å². The number of nitrogens with one attached hydrogen (secondary N) is 6. The number of hydrogen-bond donors (Lipinski definition) is 11. The first-order valence-corrected chi connectivity index (χ1v) is 24.7. The van der Waals surface area contributed by atoms with Gasteiger partial charge in [0.25, 0.3) is 0 Å². The van der Waals surface area contributed by atoms with Gasteiger partial charge in [-0.25, -0.2) is 0 Å². The van der Waals surface area contributed by atoms with Gasteiger partial charge in [0.05, 0.1) is 17.7 Å². The van der Waals surface area contributed by atoms with Gasteiger partial charge in [0.2, 0.25) is 35.4 Å². The number of guanidine groups is 2. The molecule has 0 bridgehead atoms. The summed E-state index contributed by atoms with van der Waals surface area (Å²) in [5.41, 5.74) is 30.2. The quantitative estimate of drug-likeness (QED) is 0.0510. The third-order valence-electron chi connectivity index (χ3n) is 12.7. The van der Waals surface area contributed by atoms with Crippen LogP contribution in [0.2, 0.25) is 0 Å². The summed E-state index contributed by atoms with van der Waals surface area (Å²) in [6, 6.07) is 9.41. The second-order valence-electron chi connectivity index (χ2n) is 18.6. The Morgan fingerprint density at radius 1 is 0.770 bits per heavy atom. The summed E-state index contributed by atoms with van der Waals surface area (Å²) >= 11 is 0. The molecule has 1 aromatic heterocycles. The molecule has 0 radical (unpaired) electrons. The number of carbonyl (C=O) groups is 9. The number of amides is 6. The molecule has 23 nitrogen and oxygen atoms in total. The SMILES string of the molecule is CC(=O)N[C@@H](CCCN=C(N)N)C(=O)N[C@H]1CCC(=O)CCCC[C@@H](C(N)=O)NC(=O)[C@H](Cc2c[nH]c3ccccc23)CC(=O)[C@H](CCCN=C(N)N)CC(=O)[C@@H](Cc2ccc(C#N)cc2)NC(=O)[C@H](C)NC1=O. The first kappa shape index (κ1) is 58.4. The van der Waals surface area contributed by atoms with E-state index in [-0.39, 0.29) is 114 Å². The highest BCUT2D eigenvalue weighted by Gasteiger charge is 2.34. The molecule has 3 aromatic rings. The molecule has 16 N–H and O–H groups in total. The fourth-order valence-electron chi connectivity index (χ4n) is 8.65. The van der Waals surface area contributed by atoms with Crippen LogP contribution in [0.1, 0.15) is 108 Å². The highest BCUT2D eigenvalue weighted by Crippen LogP contribution is 2.26. The second-order valence-corrected chi connectivity index (χ2v) is 18.6. The van der Waals surface area contributed by atoms with E-state index in [4.69, 9.17) is 28.7 Å². The maximum absolute atomic E-state index is 14.7. The molecule has 7 atom stereocenters. The zero-order valence-electron chi connectivity index (χ0n) is 42.0. The van der Waals surface area contributed by atoms with E-state index in [0.29, 0.717) is 11.1 Å². The highest BCUT2D eigenvalue weighted by atomic mass is 16.2. The Hall–Kier alpha value is -8.16. The number of fused-ring (bicyclic) bond motifs is 1. The van der Waals surface area contributed by atoms with E-state index in [9.17, 15) is 48.4 Å². The molecule has 0 unspecified atom stereocenters. The minimum Gasteiger partial charge on any atom is -0.370 e. The number of rotatable bonds is 16. The normalized spacial score (nSPS) is 21.4. The van der Waals surface area contributed by atoms with Crippen molar-refractivity contribution in [1.29, 1.82) is 5.26 Å². The standard InChI is InChI=1S/C51H70N14O9/c1-29-46(71)65-42(23-31-15-17-32(27-52)18-16-31)44(69)25-33(9-7-21-58-50(54)55)43(68)26-34(24-35-28-60-38-12-6-4-11-37(35)38)47(72)63-39(45(53)70)13-5-3-10-36(67)19-20-41(48(73)61-29)64-49(74)40(62-30(2)66)14-8-22-59-51(56)57/h4,6,11-12,15-18,28-29,33-34,39-42,60H,3,5,7-10,13-14,19-26H2,1-2H3,(H2,53,70)(H,61,73)(H,62,66)(H,63,72)(H,64,74)(H,65,71)(H4,54,55,58)(H4,56,57,59)/t29-,33+,34+,39-,40-,41-,42+/m0/s1. The molecular formula is C51H70N14O9. The molecule has 0 spiro atoms. The number of nitrogens with two attached hydrogens (primary N) is 5.